The first-order chi connectivity index (χ1) is 16.4. The van der Waals surface area contributed by atoms with Gasteiger partial charge in [0.05, 0.1) is 12.4 Å². The summed E-state index contributed by atoms with van der Waals surface area (Å²) in [6, 6.07) is 12.1. The van der Waals surface area contributed by atoms with E-state index in [2.05, 4.69) is 44.9 Å². The number of nitrogens with one attached hydrogen (secondary N) is 1. The minimum Gasteiger partial charge on any atom is -0.493 e. The summed E-state index contributed by atoms with van der Waals surface area (Å²) in [5.74, 6) is 1.96. The van der Waals surface area contributed by atoms with Crippen molar-refractivity contribution in [2.24, 2.45) is 0 Å². The standard InChI is InChI=1S/C26H31BrN4O2S/c1-5-14-31-23(11-8-15-33-22-13-12-21(27)16-19(22)4)29-30-26(31)34-17-24(32)28-25-18(3)9-7-10-20(25)6-2/h5,7,9-10,12-13,16H,1,6,8,11,14-15,17H2,2-4H3,(H,28,32). The van der Waals surface area contributed by atoms with Crippen molar-refractivity contribution in [3.63, 3.8) is 0 Å². The maximum atomic E-state index is 12.6. The Balaban J connectivity index is 1.56. The molecule has 0 aliphatic heterocycles. The van der Waals surface area contributed by atoms with Crippen molar-refractivity contribution in [1.29, 1.82) is 0 Å². The number of hydrogen-bond acceptors (Lipinski definition) is 5. The average Bonchev–Trinajstić information content (AvgIpc) is 3.19. The molecule has 6 nitrogen and oxygen atoms in total. The maximum Gasteiger partial charge on any atom is 0.234 e. The molecule has 0 fully saturated rings. The van der Waals surface area contributed by atoms with Crippen LogP contribution in [-0.4, -0.2) is 33.0 Å². The third-order valence-electron chi connectivity index (χ3n) is 5.38. The molecule has 180 valence electrons. The van der Waals surface area contributed by atoms with E-state index in [1.807, 2.05) is 60.9 Å². The second-order valence-corrected chi connectivity index (χ2v) is 9.82. The first-order valence-corrected chi connectivity index (χ1v) is 13.1. The molecule has 0 saturated carbocycles. The lowest BCUT2D eigenvalue weighted by Crippen LogP contribution is -2.17. The number of rotatable bonds is 12. The lowest BCUT2D eigenvalue weighted by atomic mass is 10.1. The lowest BCUT2D eigenvalue weighted by Gasteiger charge is -2.13. The highest BCUT2D eigenvalue weighted by molar-refractivity contribution is 9.10. The quantitative estimate of drug-likeness (QED) is 0.169. The number of halogens is 1. The molecule has 2 aromatic carbocycles. The highest BCUT2D eigenvalue weighted by Gasteiger charge is 2.15. The van der Waals surface area contributed by atoms with Crippen molar-refractivity contribution in [1.82, 2.24) is 14.8 Å². The molecule has 0 radical (unpaired) electrons. The van der Waals surface area contributed by atoms with Crippen LogP contribution < -0.4 is 10.1 Å². The zero-order valence-corrected chi connectivity index (χ0v) is 22.3. The van der Waals surface area contributed by atoms with Crippen molar-refractivity contribution in [3.05, 3.63) is 76.0 Å². The third kappa shape index (κ3) is 6.96. The Morgan fingerprint density at radius 3 is 2.79 bits per heavy atom. The van der Waals surface area contributed by atoms with Gasteiger partial charge in [-0.2, -0.15) is 0 Å². The van der Waals surface area contributed by atoms with Gasteiger partial charge in [-0.15, -0.1) is 16.8 Å². The molecule has 1 aromatic heterocycles. The van der Waals surface area contributed by atoms with Gasteiger partial charge in [-0.1, -0.05) is 58.9 Å². The van der Waals surface area contributed by atoms with Gasteiger partial charge < -0.3 is 14.6 Å². The Morgan fingerprint density at radius 2 is 2.06 bits per heavy atom. The van der Waals surface area contributed by atoms with E-state index in [0.717, 1.165) is 62.8 Å². The van der Waals surface area contributed by atoms with Gasteiger partial charge >= 0.3 is 0 Å². The van der Waals surface area contributed by atoms with E-state index >= 15 is 0 Å². The van der Waals surface area contributed by atoms with Crippen molar-refractivity contribution in [2.45, 2.75) is 51.7 Å². The average molecular weight is 544 g/mol. The van der Waals surface area contributed by atoms with E-state index in [1.54, 1.807) is 0 Å². The molecule has 0 aliphatic carbocycles. The highest BCUT2D eigenvalue weighted by atomic mass is 79.9. The van der Waals surface area contributed by atoms with E-state index in [1.165, 1.54) is 11.8 Å². The number of allylic oxidation sites excluding steroid dienone is 1. The number of benzene rings is 2. The number of carbonyl (C=O) groups excluding carboxylic acids is 1. The topological polar surface area (TPSA) is 69.0 Å². The Kier molecular flexibility index (Phi) is 9.77. The number of hydrogen-bond donors (Lipinski definition) is 1. The van der Waals surface area contributed by atoms with Crippen LogP contribution in [0, 0.1) is 13.8 Å². The minimum absolute atomic E-state index is 0.0537. The van der Waals surface area contributed by atoms with Gasteiger partial charge in [0.1, 0.15) is 11.6 Å². The number of aryl methyl sites for hydroxylation is 4. The van der Waals surface area contributed by atoms with E-state index in [0.29, 0.717) is 13.2 Å². The molecule has 0 saturated heterocycles. The van der Waals surface area contributed by atoms with Crippen LogP contribution in [0.25, 0.3) is 0 Å². The van der Waals surface area contributed by atoms with E-state index in [-0.39, 0.29) is 11.7 Å². The van der Waals surface area contributed by atoms with Crippen molar-refractivity contribution < 1.29 is 9.53 Å². The summed E-state index contributed by atoms with van der Waals surface area (Å²) in [5, 5.41) is 12.5. The predicted octanol–water partition coefficient (Wildman–Crippen LogP) is 6.15. The Labute approximate surface area is 214 Å². The summed E-state index contributed by atoms with van der Waals surface area (Å²) in [6.07, 6.45) is 4.22. The zero-order valence-electron chi connectivity index (χ0n) is 19.9. The number of amides is 1. The lowest BCUT2D eigenvalue weighted by molar-refractivity contribution is -0.113. The van der Waals surface area contributed by atoms with Crippen molar-refractivity contribution >= 4 is 39.3 Å². The zero-order chi connectivity index (χ0) is 24.5. The maximum absolute atomic E-state index is 12.6. The SMILES string of the molecule is C=CCn1c(CCCOc2ccc(Br)cc2C)nnc1SCC(=O)Nc1c(C)cccc1CC. The van der Waals surface area contributed by atoms with Crippen LogP contribution in [0.3, 0.4) is 0 Å². The number of para-hydroxylation sites is 1. The van der Waals surface area contributed by atoms with Gasteiger partial charge in [-0.05, 0) is 61.6 Å². The van der Waals surface area contributed by atoms with Gasteiger partial charge in [-0.3, -0.25) is 4.79 Å². The Morgan fingerprint density at radius 1 is 1.24 bits per heavy atom. The fourth-order valence-electron chi connectivity index (χ4n) is 3.62. The van der Waals surface area contributed by atoms with Crippen LogP contribution in [0.5, 0.6) is 5.75 Å². The predicted molar refractivity (Wildman–Crippen MR) is 143 cm³/mol. The minimum atomic E-state index is -0.0537. The number of ether oxygens (including phenoxy) is 1. The van der Waals surface area contributed by atoms with Crippen molar-refractivity contribution in [3.8, 4) is 5.75 Å². The summed E-state index contributed by atoms with van der Waals surface area (Å²) in [7, 11) is 0. The molecule has 1 heterocycles. The molecule has 1 N–H and O–H groups in total. The monoisotopic (exact) mass is 542 g/mol. The summed E-state index contributed by atoms with van der Waals surface area (Å²) in [4.78, 5) is 12.6. The Hall–Kier alpha value is -2.58. The third-order valence-corrected chi connectivity index (χ3v) is 6.84. The number of aromatic nitrogens is 3. The van der Waals surface area contributed by atoms with E-state index in [9.17, 15) is 4.79 Å². The number of thioether (sulfide) groups is 1. The van der Waals surface area contributed by atoms with Crippen molar-refractivity contribution in [2.75, 3.05) is 17.7 Å². The summed E-state index contributed by atoms with van der Waals surface area (Å²) < 4.78 is 8.98. The molecule has 0 aliphatic rings. The van der Waals surface area contributed by atoms with E-state index in [4.69, 9.17) is 4.74 Å². The molecule has 34 heavy (non-hydrogen) atoms. The first kappa shape index (κ1) is 26.0. The second kappa shape index (κ2) is 12.8. The summed E-state index contributed by atoms with van der Waals surface area (Å²) in [5.41, 5.74) is 4.20. The summed E-state index contributed by atoms with van der Waals surface area (Å²) in [6.45, 7) is 11.2. The molecule has 0 atom stereocenters. The van der Waals surface area contributed by atoms with Crippen LogP contribution in [0.4, 0.5) is 5.69 Å². The fourth-order valence-corrected chi connectivity index (χ4v) is 4.86. The van der Waals surface area contributed by atoms with Gasteiger partial charge in [0.15, 0.2) is 5.16 Å². The molecule has 0 unspecified atom stereocenters. The Bertz CT molecular complexity index is 1150. The fraction of sp³-hybridized carbons (Fsp3) is 0.346. The van der Waals surface area contributed by atoms with Gasteiger partial charge in [0, 0.05) is 23.1 Å². The first-order valence-electron chi connectivity index (χ1n) is 11.4. The molecular weight excluding hydrogens is 512 g/mol. The van der Waals surface area contributed by atoms with E-state index < -0.39 is 0 Å². The van der Waals surface area contributed by atoms with Gasteiger partial charge in [-0.25, -0.2) is 0 Å². The second-order valence-electron chi connectivity index (χ2n) is 7.96. The molecular formula is C26H31BrN4O2S. The van der Waals surface area contributed by atoms with Crippen LogP contribution in [0.15, 0.2) is 58.7 Å². The molecule has 0 bridgehead atoms. The molecule has 8 heteroatoms. The van der Waals surface area contributed by atoms with Crippen LogP contribution >= 0.6 is 27.7 Å². The number of anilines is 1. The largest absolute Gasteiger partial charge is 0.493 e. The van der Waals surface area contributed by atoms with Crippen LogP contribution in [0.1, 0.15) is 35.9 Å². The van der Waals surface area contributed by atoms with Gasteiger partial charge in [0.2, 0.25) is 5.91 Å². The normalized spacial score (nSPS) is 10.8. The van der Waals surface area contributed by atoms with Crippen LogP contribution in [-0.2, 0) is 24.2 Å². The van der Waals surface area contributed by atoms with Crippen LogP contribution in [0.2, 0.25) is 0 Å². The molecule has 1 amide bonds. The summed E-state index contributed by atoms with van der Waals surface area (Å²) >= 11 is 4.86. The molecule has 0 spiro atoms. The molecule has 3 aromatic rings. The number of nitrogens with zero attached hydrogens (tertiary/aromatic N) is 3. The number of carbonyl (C=O) groups is 1. The highest BCUT2D eigenvalue weighted by Crippen LogP contribution is 2.24. The smallest absolute Gasteiger partial charge is 0.234 e. The molecule has 3 rings (SSSR count). The van der Waals surface area contributed by atoms with Gasteiger partial charge in [0.25, 0.3) is 0 Å².